The van der Waals surface area contributed by atoms with E-state index in [2.05, 4.69) is 4.99 Å². The van der Waals surface area contributed by atoms with Crippen molar-refractivity contribution in [2.24, 2.45) is 21.3 Å². The van der Waals surface area contributed by atoms with E-state index in [1.165, 1.54) is 4.90 Å². The van der Waals surface area contributed by atoms with E-state index >= 15 is 0 Å². The van der Waals surface area contributed by atoms with E-state index in [4.69, 9.17) is 9.73 Å². The summed E-state index contributed by atoms with van der Waals surface area (Å²) in [6.07, 6.45) is 9.86. The maximum Gasteiger partial charge on any atom is 0.320 e. The van der Waals surface area contributed by atoms with E-state index < -0.39 is 23.5 Å². The predicted octanol–water partition coefficient (Wildman–Crippen LogP) is 2.83. The van der Waals surface area contributed by atoms with Gasteiger partial charge >= 0.3 is 5.97 Å². The molecular weight excluding hydrogens is 396 g/mol. The molecule has 0 bridgehead atoms. The molecule has 2 amide bonds. The van der Waals surface area contributed by atoms with Gasteiger partial charge in [0.05, 0.1) is 12.2 Å². The third-order valence-electron chi connectivity index (χ3n) is 5.16. The summed E-state index contributed by atoms with van der Waals surface area (Å²) in [6, 6.07) is 0. The minimum absolute atomic E-state index is 0.185. The number of unbranched alkanes of at least 4 members (excludes halogenated alkanes) is 1. The van der Waals surface area contributed by atoms with Crippen molar-refractivity contribution in [2.75, 3.05) is 13.2 Å². The number of fused-ring (bicyclic) bond motifs is 2. The summed E-state index contributed by atoms with van der Waals surface area (Å²) in [5.74, 6) is -1.37. The second-order valence-corrected chi connectivity index (χ2v) is 8.65. The summed E-state index contributed by atoms with van der Waals surface area (Å²) in [6.45, 7) is 9.76. The Bertz CT molecular complexity index is 920. The quantitative estimate of drug-likeness (QED) is 0.631. The fourth-order valence-electron chi connectivity index (χ4n) is 3.43. The van der Waals surface area contributed by atoms with Gasteiger partial charge < -0.3 is 9.64 Å². The Morgan fingerprint density at radius 3 is 2.61 bits per heavy atom. The van der Waals surface area contributed by atoms with Gasteiger partial charge in [-0.3, -0.25) is 19.3 Å². The monoisotopic (exact) mass is 426 g/mol. The van der Waals surface area contributed by atoms with Crippen molar-refractivity contribution < 1.29 is 19.1 Å². The van der Waals surface area contributed by atoms with Crippen LogP contribution in [0.1, 0.15) is 47.5 Å². The molecule has 0 spiro atoms. The lowest BCUT2D eigenvalue weighted by Gasteiger charge is -2.40. The van der Waals surface area contributed by atoms with E-state index in [1.54, 1.807) is 50.9 Å². The molecule has 0 N–H and O–H groups in total. The first-order valence-electron chi connectivity index (χ1n) is 10.7. The normalized spacial score (nSPS) is 23.9. The number of hydrogen-bond donors (Lipinski definition) is 0. The average Bonchev–Trinajstić information content (AvgIpc) is 2.72. The molecule has 3 rings (SSSR count). The SMILES string of the molecule is CCCCN1C2=NC3C=CC=CN3C(=O)C2=CC(C(=O)OCC)C1=NC(=O)C(C)(C)C. The molecule has 0 radical (unpaired) electrons. The lowest BCUT2D eigenvalue weighted by molar-refractivity contribution is -0.144. The largest absolute Gasteiger partial charge is 0.465 e. The first-order chi connectivity index (χ1) is 14.7. The molecule has 0 saturated heterocycles. The molecule has 3 aliphatic heterocycles. The first kappa shape index (κ1) is 22.7. The molecule has 3 heterocycles. The summed E-state index contributed by atoms with van der Waals surface area (Å²) in [5.41, 5.74) is -0.391. The van der Waals surface area contributed by atoms with Gasteiger partial charge in [0.25, 0.3) is 11.8 Å². The van der Waals surface area contributed by atoms with Crippen LogP contribution in [0.5, 0.6) is 0 Å². The molecule has 3 aliphatic rings. The van der Waals surface area contributed by atoms with Crippen molar-refractivity contribution >= 4 is 29.5 Å². The molecule has 0 saturated carbocycles. The highest BCUT2D eigenvalue weighted by Gasteiger charge is 2.44. The number of carbonyl (C=O) groups is 3. The van der Waals surface area contributed by atoms with Crippen LogP contribution in [0.15, 0.2) is 46.1 Å². The molecular formula is C23H30N4O4. The zero-order valence-electron chi connectivity index (χ0n) is 18.8. The van der Waals surface area contributed by atoms with Crippen molar-refractivity contribution in [3.8, 4) is 0 Å². The van der Waals surface area contributed by atoms with Crippen LogP contribution in [-0.4, -0.2) is 58.6 Å². The second kappa shape index (κ2) is 8.99. The first-order valence-corrected chi connectivity index (χ1v) is 10.7. The third-order valence-corrected chi connectivity index (χ3v) is 5.16. The number of hydrogen-bond acceptors (Lipinski definition) is 5. The Labute approximate surface area is 183 Å². The van der Waals surface area contributed by atoms with Crippen LogP contribution in [-0.2, 0) is 19.1 Å². The fourth-order valence-corrected chi connectivity index (χ4v) is 3.43. The smallest absolute Gasteiger partial charge is 0.320 e. The molecule has 0 fully saturated rings. The average molecular weight is 427 g/mol. The summed E-state index contributed by atoms with van der Waals surface area (Å²) in [7, 11) is 0. The Hall–Kier alpha value is -3.03. The number of ether oxygens (including phenoxy) is 1. The number of aliphatic imine (C=N–C) groups is 2. The van der Waals surface area contributed by atoms with Gasteiger partial charge in [-0.15, -0.1) is 0 Å². The number of esters is 1. The number of amides is 2. The minimum Gasteiger partial charge on any atom is -0.465 e. The van der Waals surface area contributed by atoms with Gasteiger partial charge in [0.15, 0.2) is 0 Å². The number of amidine groups is 2. The Balaban J connectivity index is 2.18. The highest BCUT2D eigenvalue weighted by molar-refractivity contribution is 6.30. The van der Waals surface area contributed by atoms with E-state index in [-0.39, 0.29) is 24.3 Å². The Morgan fingerprint density at radius 1 is 1.23 bits per heavy atom. The van der Waals surface area contributed by atoms with Crippen molar-refractivity contribution in [3.63, 3.8) is 0 Å². The van der Waals surface area contributed by atoms with Crippen molar-refractivity contribution in [2.45, 2.75) is 53.6 Å². The number of nitrogens with zero attached hydrogens (tertiary/aromatic N) is 4. The lowest BCUT2D eigenvalue weighted by Crippen LogP contribution is -2.54. The molecule has 2 unspecified atom stereocenters. The topological polar surface area (TPSA) is 91.6 Å². The van der Waals surface area contributed by atoms with Gasteiger partial charge in [-0.25, -0.2) is 4.99 Å². The van der Waals surface area contributed by atoms with E-state index in [1.807, 2.05) is 19.1 Å². The van der Waals surface area contributed by atoms with Crippen LogP contribution >= 0.6 is 0 Å². The standard InChI is InChI=1S/C23H30N4O4/c1-6-8-12-27-18-15(20(28)26-13-10-9-11-17(26)24-18)14-16(21(29)31-7-2)19(27)25-22(30)23(3,4)5/h9-11,13-14,16-17H,6-8,12H2,1-5H3. The molecule has 0 aromatic heterocycles. The fraction of sp³-hybridized carbons (Fsp3) is 0.522. The van der Waals surface area contributed by atoms with Gasteiger partial charge in [0.2, 0.25) is 0 Å². The zero-order chi connectivity index (χ0) is 22.8. The van der Waals surface area contributed by atoms with Gasteiger partial charge in [-0.2, -0.15) is 4.99 Å². The van der Waals surface area contributed by atoms with E-state index in [0.717, 1.165) is 12.8 Å². The zero-order valence-corrected chi connectivity index (χ0v) is 18.8. The number of carbonyl (C=O) groups excluding carboxylic acids is 3. The van der Waals surface area contributed by atoms with Crippen LogP contribution in [0.2, 0.25) is 0 Å². The minimum atomic E-state index is -0.957. The maximum atomic E-state index is 13.2. The van der Waals surface area contributed by atoms with Gasteiger partial charge in [-0.05, 0) is 31.6 Å². The van der Waals surface area contributed by atoms with Crippen LogP contribution in [0.25, 0.3) is 0 Å². The van der Waals surface area contributed by atoms with Gasteiger partial charge in [-0.1, -0.05) is 40.2 Å². The maximum absolute atomic E-state index is 13.2. The molecule has 0 aromatic carbocycles. The lowest BCUT2D eigenvalue weighted by atomic mass is 9.92. The van der Waals surface area contributed by atoms with Crippen LogP contribution in [0, 0.1) is 11.3 Å². The summed E-state index contributed by atoms with van der Waals surface area (Å²) < 4.78 is 5.26. The van der Waals surface area contributed by atoms with Gasteiger partial charge in [0.1, 0.15) is 23.8 Å². The van der Waals surface area contributed by atoms with Gasteiger partial charge in [0, 0.05) is 18.2 Å². The van der Waals surface area contributed by atoms with Crippen molar-refractivity contribution in [1.82, 2.24) is 9.80 Å². The van der Waals surface area contributed by atoms with Crippen LogP contribution in [0.3, 0.4) is 0 Å². The second-order valence-electron chi connectivity index (χ2n) is 8.65. The molecule has 0 aromatic rings. The molecule has 166 valence electrons. The number of allylic oxidation sites excluding steroid dienone is 2. The molecule has 8 nitrogen and oxygen atoms in total. The van der Waals surface area contributed by atoms with Crippen LogP contribution in [0.4, 0.5) is 0 Å². The molecule has 8 heteroatoms. The molecule has 2 atom stereocenters. The Morgan fingerprint density at radius 2 is 1.97 bits per heavy atom. The summed E-state index contributed by atoms with van der Waals surface area (Å²) in [5, 5.41) is 0. The van der Waals surface area contributed by atoms with Crippen molar-refractivity contribution in [1.29, 1.82) is 0 Å². The highest BCUT2D eigenvalue weighted by Crippen LogP contribution is 2.30. The number of rotatable bonds is 5. The molecule has 31 heavy (non-hydrogen) atoms. The third kappa shape index (κ3) is 4.52. The predicted molar refractivity (Wildman–Crippen MR) is 118 cm³/mol. The van der Waals surface area contributed by atoms with Crippen LogP contribution < -0.4 is 0 Å². The summed E-state index contributed by atoms with van der Waals surface area (Å²) >= 11 is 0. The van der Waals surface area contributed by atoms with E-state index in [9.17, 15) is 14.4 Å². The van der Waals surface area contributed by atoms with E-state index in [0.29, 0.717) is 18.0 Å². The summed E-state index contributed by atoms with van der Waals surface area (Å²) in [4.78, 5) is 51.3. The van der Waals surface area contributed by atoms with Crippen molar-refractivity contribution in [3.05, 3.63) is 36.1 Å². The highest BCUT2D eigenvalue weighted by atomic mass is 16.5. The molecule has 0 aliphatic carbocycles. The Kier molecular flexibility index (Phi) is 6.57.